The second-order valence-electron chi connectivity index (χ2n) is 5.13. The summed E-state index contributed by atoms with van der Waals surface area (Å²) >= 11 is 0. The van der Waals surface area contributed by atoms with E-state index in [1.165, 1.54) is 38.9 Å². The topological polar surface area (TPSA) is 24.1 Å². The van der Waals surface area contributed by atoms with Gasteiger partial charge in [0.25, 0.3) is 0 Å². The van der Waals surface area contributed by atoms with Crippen molar-refractivity contribution in [2.24, 2.45) is 11.3 Å². The van der Waals surface area contributed by atoms with Gasteiger partial charge in [0.15, 0.2) is 0 Å². The molecule has 84 valence electrons. The Hall–Kier alpha value is -0.0800. The Labute approximate surface area is 88.8 Å². The van der Waals surface area contributed by atoms with Crippen LogP contribution in [0.15, 0.2) is 0 Å². The van der Waals surface area contributed by atoms with E-state index < -0.39 is 0 Å². The summed E-state index contributed by atoms with van der Waals surface area (Å²) in [6.45, 7) is 11.7. The third-order valence-corrected chi connectivity index (χ3v) is 3.47. The first-order valence-electron chi connectivity index (χ1n) is 6.10. The maximum atomic E-state index is 3.62. The van der Waals surface area contributed by atoms with Crippen LogP contribution in [0.25, 0.3) is 0 Å². The van der Waals surface area contributed by atoms with Crippen molar-refractivity contribution in [3.8, 4) is 0 Å². The van der Waals surface area contributed by atoms with Crippen molar-refractivity contribution in [1.82, 2.24) is 10.6 Å². The van der Waals surface area contributed by atoms with E-state index in [0.717, 1.165) is 12.5 Å². The summed E-state index contributed by atoms with van der Waals surface area (Å²) in [5.41, 5.74) is 0.583. The van der Waals surface area contributed by atoms with E-state index in [1.807, 2.05) is 0 Å². The molecule has 2 nitrogen and oxygen atoms in total. The van der Waals surface area contributed by atoms with Crippen molar-refractivity contribution in [3.05, 3.63) is 0 Å². The maximum Gasteiger partial charge on any atom is 0.000877 e. The minimum atomic E-state index is 0.583. The molecule has 1 rings (SSSR count). The van der Waals surface area contributed by atoms with E-state index >= 15 is 0 Å². The highest BCUT2D eigenvalue weighted by molar-refractivity contribution is 4.85. The highest BCUT2D eigenvalue weighted by Gasteiger charge is 2.29. The summed E-state index contributed by atoms with van der Waals surface area (Å²) in [6, 6.07) is 0. The Balaban J connectivity index is 2.29. The number of rotatable bonds is 5. The first-order chi connectivity index (χ1) is 6.68. The van der Waals surface area contributed by atoms with Crippen LogP contribution in [0, 0.1) is 11.3 Å². The van der Waals surface area contributed by atoms with Crippen LogP contribution < -0.4 is 10.6 Å². The molecular formula is C12H26N2. The SMILES string of the molecule is CCC1(CNCC(C)C)CCNCC1. The van der Waals surface area contributed by atoms with Gasteiger partial charge in [-0.05, 0) is 50.2 Å². The molecule has 0 aromatic carbocycles. The van der Waals surface area contributed by atoms with E-state index in [1.54, 1.807) is 0 Å². The standard InChI is InChI=1S/C12H26N2/c1-4-12(5-7-13-8-6-12)10-14-9-11(2)3/h11,13-14H,4-10H2,1-3H3. The zero-order valence-corrected chi connectivity index (χ0v) is 10.0. The van der Waals surface area contributed by atoms with Crippen molar-refractivity contribution in [3.63, 3.8) is 0 Å². The fraction of sp³-hybridized carbons (Fsp3) is 1.00. The molecule has 2 N–H and O–H groups in total. The Kier molecular flexibility index (Phi) is 4.90. The lowest BCUT2D eigenvalue weighted by molar-refractivity contribution is 0.184. The third kappa shape index (κ3) is 3.58. The average molecular weight is 198 g/mol. The molecule has 1 aliphatic rings. The minimum Gasteiger partial charge on any atom is -0.317 e. The number of hydrogen-bond donors (Lipinski definition) is 2. The Bertz CT molecular complexity index is 148. The fourth-order valence-electron chi connectivity index (χ4n) is 2.24. The second-order valence-corrected chi connectivity index (χ2v) is 5.13. The lowest BCUT2D eigenvalue weighted by atomic mass is 9.76. The molecule has 14 heavy (non-hydrogen) atoms. The first-order valence-corrected chi connectivity index (χ1v) is 6.10. The summed E-state index contributed by atoms with van der Waals surface area (Å²) in [7, 11) is 0. The molecule has 0 saturated carbocycles. The molecule has 0 bridgehead atoms. The lowest BCUT2D eigenvalue weighted by Crippen LogP contribution is -2.43. The van der Waals surface area contributed by atoms with Gasteiger partial charge in [-0.15, -0.1) is 0 Å². The van der Waals surface area contributed by atoms with Crippen molar-refractivity contribution >= 4 is 0 Å². The highest BCUT2D eigenvalue weighted by atomic mass is 14.9. The van der Waals surface area contributed by atoms with E-state index in [4.69, 9.17) is 0 Å². The third-order valence-electron chi connectivity index (χ3n) is 3.47. The summed E-state index contributed by atoms with van der Waals surface area (Å²) in [5.74, 6) is 0.769. The molecule has 1 aliphatic heterocycles. The first kappa shape index (κ1) is 12.0. The van der Waals surface area contributed by atoms with Gasteiger partial charge in [-0.3, -0.25) is 0 Å². The van der Waals surface area contributed by atoms with Crippen LogP contribution in [-0.2, 0) is 0 Å². The molecule has 0 aromatic heterocycles. The predicted molar refractivity (Wildman–Crippen MR) is 62.5 cm³/mol. The average Bonchev–Trinajstić information content (AvgIpc) is 2.19. The normalized spacial score (nSPS) is 21.4. The summed E-state index contributed by atoms with van der Waals surface area (Å²) in [5, 5.41) is 7.06. The second kappa shape index (κ2) is 5.72. The van der Waals surface area contributed by atoms with Crippen molar-refractivity contribution in [1.29, 1.82) is 0 Å². The number of nitrogens with one attached hydrogen (secondary N) is 2. The largest absolute Gasteiger partial charge is 0.317 e. The lowest BCUT2D eigenvalue weighted by Gasteiger charge is -2.37. The van der Waals surface area contributed by atoms with Crippen molar-refractivity contribution in [2.45, 2.75) is 40.0 Å². The summed E-state index contributed by atoms with van der Waals surface area (Å²) in [4.78, 5) is 0. The van der Waals surface area contributed by atoms with Gasteiger partial charge in [-0.1, -0.05) is 20.8 Å². The molecule has 1 heterocycles. The molecule has 1 fully saturated rings. The predicted octanol–water partition coefficient (Wildman–Crippen LogP) is 2.01. The zero-order chi connectivity index (χ0) is 10.4. The summed E-state index contributed by atoms with van der Waals surface area (Å²) < 4.78 is 0. The smallest absolute Gasteiger partial charge is 0.000877 e. The molecule has 2 heteroatoms. The zero-order valence-electron chi connectivity index (χ0n) is 10.0. The molecule has 0 atom stereocenters. The molecule has 1 saturated heterocycles. The van der Waals surface area contributed by atoms with Crippen molar-refractivity contribution < 1.29 is 0 Å². The fourth-order valence-corrected chi connectivity index (χ4v) is 2.24. The van der Waals surface area contributed by atoms with E-state index in [2.05, 4.69) is 31.4 Å². The van der Waals surface area contributed by atoms with Gasteiger partial charge >= 0.3 is 0 Å². The number of hydrogen-bond acceptors (Lipinski definition) is 2. The Morgan fingerprint density at radius 3 is 2.43 bits per heavy atom. The molecule has 0 spiro atoms. The molecule has 0 aliphatic carbocycles. The van der Waals surface area contributed by atoms with Gasteiger partial charge in [0, 0.05) is 6.54 Å². The van der Waals surface area contributed by atoms with Gasteiger partial charge < -0.3 is 10.6 Å². The van der Waals surface area contributed by atoms with Crippen LogP contribution in [-0.4, -0.2) is 26.2 Å². The molecule has 0 radical (unpaired) electrons. The minimum absolute atomic E-state index is 0.583. The van der Waals surface area contributed by atoms with Gasteiger partial charge in [0.2, 0.25) is 0 Å². The molecule has 0 amide bonds. The monoisotopic (exact) mass is 198 g/mol. The van der Waals surface area contributed by atoms with Crippen LogP contribution in [0.5, 0.6) is 0 Å². The quantitative estimate of drug-likeness (QED) is 0.706. The molecule has 0 aromatic rings. The maximum absolute atomic E-state index is 3.62. The van der Waals surface area contributed by atoms with Crippen LogP contribution in [0.3, 0.4) is 0 Å². The highest BCUT2D eigenvalue weighted by Crippen LogP contribution is 2.31. The van der Waals surface area contributed by atoms with Gasteiger partial charge in [-0.2, -0.15) is 0 Å². The number of piperidine rings is 1. The molecular weight excluding hydrogens is 172 g/mol. The van der Waals surface area contributed by atoms with Crippen LogP contribution in [0.1, 0.15) is 40.0 Å². The van der Waals surface area contributed by atoms with E-state index in [9.17, 15) is 0 Å². The van der Waals surface area contributed by atoms with Crippen LogP contribution in [0.4, 0.5) is 0 Å². The van der Waals surface area contributed by atoms with Gasteiger partial charge in [0.05, 0.1) is 0 Å². The molecule has 0 unspecified atom stereocenters. The van der Waals surface area contributed by atoms with E-state index in [0.29, 0.717) is 5.41 Å². The van der Waals surface area contributed by atoms with Crippen LogP contribution >= 0.6 is 0 Å². The Morgan fingerprint density at radius 1 is 1.29 bits per heavy atom. The van der Waals surface area contributed by atoms with Crippen molar-refractivity contribution in [2.75, 3.05) is 26.2 Å². The van der Waals surface area contributed by atoms with Gasteiger partial charge in [0.1, 0.15) is 0 Å². The van der Waals surface area contributed by atoms with E-state index in [-0.39, 0.29) is 0 Å². The Morgan fingerprint density at radius 2 is 1.93 bits per heavy atom. The van der Waals surface area contributed by atoms with Crippen LogP contribution in [0.2, 0.25) is 0 Å². The summed E-state index contributed by atoms with van der Waals surface area (Å²) in [6.07, 6.45) is 4.00. The van der Waals surface area contributed by atoms with Gasteiger partial charge in [-0.25, -0.2) is 0 Å².